The lowest BCUT2D eigenvalue weighted by atomic mass is 9.94. The van der Waals surface area contributed by atoms with Crippen LogP contribution in [0.2, 0.25) is 0 Å². The van der Waals surface area contributed by atoms with Crippen molar-refractivity contribution in [2.45, 2.75) is 33.2 Å². The fourth-order valence-corrected chi connectivity index (χ4v) is 2.16. The summed E-state index contributed by atoms with van der Waals surface area (Å²) in [7, 11) is 3.79. The molecule has 0 aliphatic rings. The van der Waals surface area contributed by atoms with Crippen molar-refractivity contribution in [3.63, 3.8) is 0 Å². The Hall–Kier alpha value is -0.860. The average Bonchev–Trinajstić information content (AvgIpc) is 2.30. The van der Waals surface area contributed by atoms with Crippen LogP contribution in [0.3, 0.4) is 0 Å². The molecule has 0 spiro atoms. The molecule has 96 valence electrons. The fourth-order valence-electron chi connectivity index (χ4n) is 2.16. The molecule has 0 heterocycles. The Morgan fingerprint density at radius 3 is 2.47 bits per heavy atom. The quantitative estimate of drug-likeness (QED) is 0.817. The van der Waals surface area contributed by atoms with Gasteiger partial charge >= 0.3 is 0 Å². The molecule has 2 unspecified atom stereocenters. The lowest BCUT2D eigenvalue weighted by Gasteiger charge is -2.21. The summed E-state index contributed by atoms with van der Waals surface area (Å²) in [6, 6.07) is 7.13. The van der Waals surface area contributed by atoms with E-state index in [9.17, 15) is 0 Å². The summed E-state index contributed by atoms with van der Waals surface area (Å²) < 4.78 is 5.20. The molecule has 1 aromatic carbocycles. The molecule has 0 saturated heterocycles. The molecule has 0 amide bonds. The van der Waals surface area contributed by atoms with E-state index in [2.05, 4.69) is 44.3 Å². The van der Waals surface area contributed by atoms with Gasteiger partial charge in [0, 0.05) is 19.8 Å². The number of hydrogen-bond donors (Lipinski definition) is 1. The van der Waals surface area contributed by atoms with Gasteiger partial charge in [-0.3, -0.25) is 0 Å². The Balaban J connectivity index is 2.75. The Bertz CT molecular complexity index is 349. The third kappa shape index (κ3) is 4.14. The first-order chi connectivity index (χ1) is 8.08. The number of nitrogens with one attached hydrogen (secondary N) is 1. The molecule has 0 saturated carbocycles. The molecule has 2 nitrogen and oxygen atoms in total. The van der Waals surface area contributed by atoms with E-state index in [1.165, 1.54) is 16.7 Å². The van der Waals surface area contributed by atoms with Crippen LogP contribution in [0.4, 0.5) is 0 Å². The highest BCUT2D eigenvalue weighted by Gasteiger charge is 2.13. The smallest absolute Gasteiger partial charge is 0.0488 e. The lowest BCUT2D eigenvalue weighted by Crippen LogP contribution is -2.20. The van der Waals surface area contributed by atoms with Crippen molar-refractivity contribution in [3.05, 3.63) is 34.9 Å². The number of aryl methyl sites for hydroxylation is 2. The van der Waals surface area contributed by atoms with Crippen LogP contribution >= 0.6 is 0 Å². The molecule has 2 atom stereocenters. The second kappa shape index (κ2) is 6.77. The molecule has 2 heteroatoms. The highest BCUT2D eigenvalue weighted by molar-refractivity contribution is 5.31. The SMILES string of the molecule is CNC(CC(C)COC)c1ccc(C)c(C)c1. The van der Waals surface area contributed by atoms with Gasteiger partial charge in [0.15, 0.2) is 0 Å². The zero-order chi connectivity index (χ0) is 12.8. The van der Waals surface area contributed by atoms with Crippen molar-refractivity contribution < 1.29 is 4.74 Å². The van der Waals surface area contributed by atoms with Crippen LogP contribution in [0, 0.1) is 19.8 Å². The Labute approximate surface area is 105 Å². The molecular weight excluding hydrogens is 210 g/mol. The van der Waals surface area contributed by atoms with Crippen LogP contribution in [-0.2, 0) is 4.74 Å². The van der Waals surface area contributed by atoms with E-state index in [-0.39, 0.29) is 0 Å². The van der Waals surface area contributed by atoms with Gasteiger partial charge in [-0.25, -0.2) is 0 Å². The van der Waals surface area contributed by atoms with E-state index >= 15 is 0 Å². The Morgan fingerprint density at radius 1 is 1.24 bits per heavy atom. The van der Waals surface area contributed by atoms with Crippen molar-refractivity contribution in [3.8, 4) is 0 Å². The second-order valence-electron chi connectivity index (χ2n) is 4.98. The van der Waals surface area contributed by atoms with Crippen molar-refractivity contribution in [1.29, 1.82) is 0 Å². The molecule has 1 rings (SSSR count). The van der Waals surface area contributed by atoms with Crippen LogP contribution in [0.15, 0.2) is 18.2 Å². The molecule has 0 bridgehead atoms. The monoisotopic (exact) mass is 235 g/mol. The normalized spacial score (nSPS) is 14.6. The maximum absolute atomic E-state index is 5.20. The van der Waals surface area contributed by atoms with Crippen LogP contribution in [-0.4, -0.2) is 20.8 Å². The Kier molecular flexibility index (Phi) is 5.66. The first kappa shape index (κ1) is 14.2. The zero-order valence-corrected chi connectivity index (χ0v) is 11.7. The Morgan fingerprint density at radius 2 is 1.94 bits per heavy atom. The van der Waals surface area contributed by atoms with Gasteiger partial charge < -0.3 is 10.1 Å². The minimum absolute atomic E-state index is 0.416. The van der Waals surface area contributed by atoms with Gasteiger partial charge in [-0.15, -0.1) is 0 Å². The number of methoxy groups -OCH3 is 1. The number of ether oxygens (including phenoxy) is 1. The standard InChI is InChI=1S/C15H25NO/c1-11(10-17-5)8-15(16-4)14-7-6-12(2)13(3)9-14/h6-7,9,11,15-16H,8,10H2,1-5H3. The van der Waals surface area contributed by atoms with E-state index < -0.39 is 0 Å². The minimum atomic E-state index is 0.416. The molecule has 0 radical (unpaired) electrons. The average molecular weight is 235 g/mol. The first-order valence-corrected chi connectivity index (χ1v) is 6.31. The van der Waals surface area contributed by atoms with Crippen LogP contribution in [0.1, 0.15) is 36.1 Å². The highest BCUT2D eigenvalue weighted by atomic mass is 16.5. The topological polar surface area (TPSA) is 21.3 Å². The second-order valence-corrected chi connectivity index (χ2v) is 4.98. The third-order valence-electron chi connectivity index (χ3n) is 3.37. The predicted molar refractivity (Wildman–Crippen MR) is 73.4 cm³/mol. The summed E-state index contributed by atoms with van der Waals surface area (Å²) in [4.78, 5) is 0. The summed E-state index contributed by atoms with van der Waals surface area (Å²) >= 11 is 0. The van der Waals surface area contributed by atoms with Gasteiger partial charge in [-0.2, -0.15) is 0 Å². The number of benzene rings is 1. The molecule has 0 aliphatic carbocycles. The van der Waals surface area contributed by atoms with Gasteiger partial charge in [0.1, 0.15) is 0 Å². The van der Waals surface area contributed by atoms with Gasteiger partial charge in [0.2, 0.25) is 0 Å². The largest absolute Gasteiger partial charge is 0.384 e. The summed E-state index contributed by atoms with van der Waals surface area (Å²) in [5, 5.41) is 3.40. The van der Waals surface area contributed by atoms with Crippen LogP contribution < -0.4 is 5.32 Å². The highest BCUT2D eigenvalue weighted by Crippen LogP contribution is 2.23. The van der Waals surface area contributed by atoms with E-state index in [1.807, 2.05) is 7.05 Å². The summed E-state index contributed by atoms with van der Waals surface area (Å²) in [5.74, 6) is 0.569. The van der Waals surface area contributed by atoms with E-state index in [0.717, 1.165) is 13.0 Å². The van der Waals surface area contributed by atoms with Gasteiger partial charge in [-0.1, -0.05) is 25.1 Å². The summed E-state index contributed by atoms with van der Waals surface area (Å²) in [6.07, 6.45) is 1.10. The van der Waals surface area contributed by atoms with Crippen molar-refractivity contribution in [2.24, 2.45) is 5.92 Å². The van der Waals surface area contributed by atoms with Crippen molar-refractivity contribution in [1.82, 2.24) is 5.32 Å². The van der Waals surface area contributed by atoms with Gasteiger partial charge in [-0.05, 0) is 49.9 Å². The molecular formula is C15H25NO. The van der Waals surface area contributed by atoms with E-state index in [0.29, 0.717) is 12.0 Å². The molecule has 0 aliphatic heterocycles. The fraction of sp³-hybridized carbons (Fsp3) is 0.600. The number of hydrogen-bond acceptors (Lipinski definition) is 2. The predicted octanol–water partition coefficient (Wildman–Crippen LogP) is 3.24. The maximum atomic E-state index is 5.20. The molecule has 1 aromatic rings. The van der Waals surface area contributed by atoms with Crippen LogP contribution in [0.5, 0.6) is 0 Å². The molecule has 1 N–H and O–H groups in total. The molecule has 0 aromatic heterocycles. The first-order valence-electron chi connectivity index (χ1n) is 6.31. The van der Waals surface area contributed by atoms with E-state index in [4.69, 9.17) is 4.74 Å². The minimum Gasteiger partial charge on any atom is -0.384 e. The van der Waals surface area contributed by atoms with Gasteiger partial charge in [0.05, 0.1) is 0 Å². The zero-order valence-electron chi connectivity index (χ0n) is 11.7. The molecule has 17 heavy (non-hydrogen) atoms. The van der Waals surface area contributed by atoms with Crippen molar-refractivity contribution in [2.75, 3.05) is 20.8 Å². The van der Waals surface area contributed by atoms with E-state index in [1.54, 1.807) is 7.11 Å². The van der Waals surface area contributed by atoms with Crippen molar-refractivity contribution >= 4 is 0 Å². The van der Waals surface area contributed by atoms with Gasteiger partial charge in [0.25, 0.3) is 0 Å². The number of rotatable bonds is 6. The summed E-state index contributed by atoms with van der Waals surface area (Å²) in [5.41, 5.74) is 4.09. The lowest BCUT2D eigenvalue weighted by molar-refractivity contribution is 0.150. The summed E-state index contributed by atoms with van der Waals surface area (Å²) in [6.45, 7) is 7.38. The third-order valence-corrected chi connectivity index (χ3v) is 3.37. The maximum Gasteiger partial charge on any atom is 0.0488 e. The van der Waals surface area contributed by atoms with Crippen LogP contribution in [0.25, 0.3) is 0 Å². The molecule has 0 fully saturated rings.